The quantitative estimate of drug-likeness (QED) is 0.718. The fourth-order valence-corrected chi connectivity index (χ4v) is 4.15. The molecule has 1 heteroatoms. The third-order valence-electron chi connectivity index (χ3n) is 5.54. The minimum absolute atomic E-state index is 0.0475. The van der Waals surface area contributed by atoms with Gasteiger partial charge in [-0.2, -0.15) is 0 Å². The Morgan fingerprint density at radius 1 is 1.16 bits per heavy atom. The zero-order chi connectivity index (χ0) is 13.5. The van der Waals surface area contributed by atoms with Crippen molar-refractivity contribution in [1.29, 1.82) is 0 Å². The maximum atomic E-state index is 11.7. The van der Waals surface area contributed by atoms with E-state index >= 15 is 0 Å². The number of carbonyl (C=O) groups is 1. The monoisotopic (exact) mass is 256 g/mol. The van der Waals surface area contributed by atoms with Crippen molar-refractivity contribution in [2.75, 3.05) is 0 Å². The van der Waals surface area contributed by atoms with Crippen LogP contribution in [-0.2, 0) is 4.79 Å². The highest BCUT2D eigenvalue weighted by Crippen LogP contribution is 2.56. The van der Waals surface area contributed by atoms with Crippen LogP contribution in [0.5, 0.6) is 0 Å². The van der Waals surface area contributed by atoms with Gasteiger partial charge in [0.1, 0.15) is 6.29 Å². The Hall–Kier alpha value is -1.11. The lowest BCUT2D eigenvalue weighted by molar-refractivity contribution is -0.123. The summed E-state index contributed by atoms with van der Waals surface area (Å²) in [5.74, 6) is 1.91. The molecule has 0 N–H and O–H groups in total. The van der Waals surface area contributed by atoms with Crippen molar-refractivity contribution in [2.45, 2.75) is 57.8 Å². The van der Waals surface area contributed by atoms with Gasteiger partial charge in [0.2, 0.25) is 0 Å². The maximum Gasteiger partial charge on any atom is 0.126 e. The van der Waals surface area contributed by atoms with E-state index in [0.717, 1.165) is 18.8 Å². The smallest absolute Gasteiger partial charge is 0.126 e. The van der Waals surface area contributed by atoms with Gasteiger partial charge in [0.15, 0.2) is 0 Å². The number of benzene rings is 1. The summed E-state index contributed by atoms with van der Waals surface area (Å²) in [6.07, 6.45) is 7.25. The fourth-order valence-electron chi connectivity index (χ4n) is 4.15. The lowest BCUT2D eigenvalue weighted by Crippen LogP contribution is -2.41. The Balaban J connectivity index is 1.90. The zero-order valence-electron chi connectivity index (χ0n) is 12.1. The van der Waals surface area contributed by atoms with Crippen LogP contribution in [0.2, 0.25) is 0 Å². The van der Waals surface area contributed by atoms with Crippen LogP contribution >= 0.6 is 0 Å². The number of carbonyl (C=O) groups excluding carboxylic acids is 1. The van der Waals surface area contributed by atoms with Crippen molar-refractivity contribution in [3.63, 3.8) is 0 Å². The van der Waals surface area contributed by atoms with Gasteiger partial charge < -0.3 is 4.79 Å². The van der Waals surface area contributed by atoms with Crippen LogP contribution < -0.4 is 0 Å². The summed E-state index contributed by atoms with van der Waals surface area (Å²) in [7, 11) is 0. The summed E-state index contributed by atoms with van der Waals surface area (Å²) >= 11 is 0. The zero-order valence-corrected chi connectivity index (χ0v) is 12.1. The van der Waals surface area contributed by atoms with Gasteiger partial charge in [-0.15, -0.1) is 0 Å². The Bertz CT molecular complexity index is 449. The molecule has 1 unspecified atom stereocenters. The second-order valence-corrected chi connectivity index (χ2v) is 6.90. The topological polar surface area (TPSA) is 17.1 Å². The first kappa shape index (κ1) is 12.9. The molecule has 3 aliphatic carbocycles. The Morgan fingerprint density at radius 2 is 1.79 bits per heavy atom. The predicted molar refractivity (Wildman–Crippen MR) is 78.3 cm³/mol. The first-order valence-corrected chi connectivity index (χ1v) is 7.71. The number of aldehydes is 1. The highest BCUT2D eigenvalue weighted by molar-refractivity contribution is 5.63. The van der Waals surface area contributed by atoms with Crippen molar-refractivity contribution in [2.24, 2.45) is 11.3 Å². The van der Waals surface area contributed by atoms with E-state index in [1.807, 2.05) is 0 Å². The summed E-state index contributed by atoms with van der Waals surface area (Å²) in [5, 5.41) is 0. The number of rotatable bonds is 3. The largest absolute Gasteiger partial charge is 0.303 e. The summed E-state index contributed by atoms with van der Waals surface area (Å²) in [6.45, 7) is 4.45. The van der Waals surface area contributed by atoms with Crippen molar-refractivity contribution in [3.05, 3.63) is 35.4 Å². The molecule has 0 saturated heterocycles. The van der Waals surface area contributed by atoms with Crippen LogP contribution in [0, 0.1) is 11.3 Å². The van der Waals surface area contributed by atoms with Gasteiger partial charge in [-0.3, -0.25) is 0 Å². The van der Waals surface area contributed by atoms with E-state index < -0.39 is 0 Å². The molecule has 2 bridgehead atoms. The SMILES string of the molecule is CC(C)c1ccc(C2CC3CCC2(C=O)CC3)cc1. The van der Waals surface area contributed by atoms with E-state index in [1.165, 1.54) is 36.7 Å². The Kier molecular flexibility index (Phi) is 3.24. The molecule has 1 nitrogen and oxygen atoms in total. The first-order chi connectivity index (χ1) is 9.14. The van der Waals surface area contributed by atoms with E-state index in [0.29, 0.717) is 11.8 Å². The van der Waals surface area contributed by atoms with Crippen LogP contribution in [0.4, 0.5) is 0 Å². The second-order valence-electron chi connectivity index (χ2n) is 6.90. The lowest BCUT2D eigenvalue weighted by atomic mass is 9.54. The van der Waals surface area contributed by atoms with E-state index in [2.05, 4.69) is 38.1 Å². The molecular weight excluding hydrogens is 232 g/mol. The van der Waals surface area contributed by atoms with Crippen LogP contribution in [0.25, 0.3) is 0 Å². The summed E-state index contributed by atoms with van der Waals surface area (Å²) in [6, 6.07) is 9.04. The van der Waals surface area contributed by atoms with E-state index in [-0.39, 0.29) is 5.41 Å². The fraction of sp³-hybridized carbons (Fsp3) is 0.611. The molecule has 0 amide bonds. The van der Waals surface area contributed by atoms with Gasteiger partial charge in [-0.1, -0.05) is 38.1 Å². The molecule has 3 aliphatic rings. The van der Waals surface area contributed by atoms with Crippen molar-refractivity contribution >= 4 is 6.29 Å². The van der Waals surface area contributed by atoms with Crippen LogP contribution in [0.1, 0.15) is 68.9 Å². The molecule has 4 rings (SSSR count). The van der Waals surface area contributed by atoms with Crippen molar-refractivity contribution < 1.29 is 4.79 Å². The number of fused-ring (bicyclic) bond motifs is 3. The molecule has 102 valence electrons. The third kappa shape index (κ3) is 2.13. The van der Waals surface area contributed by atoms with Gasteiger partial charge in [-0.05, 0) is 61.0 Å². The summed E-state index contributed by atoms with van der Waals surface area (Å²) in [4.78, 5) is 11.7. The van der Waals surface area contributed by atoms with Gasteiger partial charge >= 0.3 is 0 Å². The van der Waals surface area contributed by atoms with Crippen molar-refractivity contribution in [1.82, 2.24) is 0 Å². The van der Waals surface area contributed by atoms with Gasteiger partial charge in [0, 0.05) is 5.41 Å². The number of hydrogen-bond acceptors (Lipinski definition) is 1. The predicted octanol–water partition coefficient (Wildman–Crippen LogP) is 4.67. The van der Waals surface area contributed by atoms with E-state index in [1.54, 1.807) is 0 Å². The average molecular weight is 256 g/mol. The Morgan fingerprint density at radius 3 is 2.32 bits per heavy atom. The first-order valence-electron chi connectivity index (χ1n) is 7.71. The average Bonchev–Trinajstić information content (AvgIpc) is 2.48. The molecule has 1 aromatic carbocycles. The molecule has 1 atom stereocenters. The molecule has 3 saturated carbocycles. The van der Waals surface area contributed by atoms with Gasteiger partial charge in [0.25, 0.3) is 0 Å². The van der Waals surface area contributed by atoms with Crippen LogP contribution in [-0.4, -0.2) is 6.29 Å². The lowest BCUT2D eigenvalue weighted by Gasteiger charge is -2.49. The summed E-state index contributed by atoms with van der Waals surface area (Å²) < 4.78 is 0. The van der Waals surface area contributed by atoms with Gasteiger partial charge in [0.05, 0.1) is 0 Å². The number of hydrogen-bond donors (Lipinski definition) is 0. The Labute approximate surface area is 116 Å². The van der Waals surface area contributed by atoms with Crippen LogP contribution in [0.15, 0.2) is 24.3 Å². The molecule has 19 heavy (non-hydrogen) atoms. The maximum absolute atomic E-state index is 11.7. The highest BCUT2D eigenvalue weighted by Gasteiger charge is 2.48. The van der Waals surface area contributed by atoms with E-state index in [9.17, 15) is 4.79 Å². The molecule has 3 fully saturated rings. The molecule has 0 heterocycles. The molecule has 1 aromatic rings. The van der Waals surface area contributed by atoms with Crippen LogP contribution in [0.3, 0.4) is 0 Å². The standard InChI is InChI=1S/C18H24O/c1-13(2)15-3-5-16(6-4-15)17-11-14-7-9-18(17,12-19)10-8-14/h3-6,12-14,17H,7-11H2,1-2H3. The minimum atomic E-state index is -0.0475. The summed E-state index contributed by atoms with van der Waals surface area (Å²) in [5.41, 5.74) is 2.74. The molecular formula is C18H24O. The molecule has 0 spiro atoms. The van der Waals surface area contributed by atoms with E-state index in [4.69, 9.17) is 0 Å². The molecule has 0 aliphatic heterocycles. The molecule has 0 aromatic heterocycles. The minimum Gasteiger partial charge on any atom is -0.303 e. The normalized spacial score (nSPS) is 33.6. The highest BCUT2D eigenvalue weighted by atomic mass is 16.1. The van der Waals surface area contributed by atoms with Gasteiger partial charge in [-0.25, -0.2) is 0 Å². The second kappa shape index (κ2) is 4.77. The molecule has 0 radical (unpaired) electrons. The van der Waals surface area contributed by atoms with Crippen molar-refractivity contribution in [3.8, 4) is 0 Å². The third-order valence-corrected chi connectivity index (χ3v) is 5.54.